The Hall–Kier alpha value is -2.24. The fourth-order valence-corrected chi connectivity index (χ4v) is 4.04. The first-order valence-electron chi connectivity index (χ1n) is 10.7. The molecule has 0 aromatic heterocycles. The Morgan fingerprint density at radius 2 is 1.74 bits per heavy atom. The van der Waals surface area contributed by atoms with Crippen molar-refractivity contribution in [2.45, 2.75) is 57.7 Å². The molecule has 2 aromatic carbocycles. The van der Waals surface area contributed by atoms with Crippen molar-refractivity contribution in [2.24, 2.45) is 0 Å². The van der Waals surface area contributed by atoms with Crippen LogP contribution in [-0.4, -0.2) is 35.4 Å². The van der Waals surface area contributed by atoms with E-state index in [1.54, 1.807) is 37.3 Å². The van der Waals surface area contributed by atoms with Gasteiger partial charge in [0.05, 0.1) is 0 Å². The number of nitrogens with zero attached hydrogens (tertiary/aromatic N) is 1. The summed E-state index contributed by atoms with van der Waals surface area (Å²) in [6.45, 7) is 1.78. The zero-order chi connectivity index (χ0) is 22.2. The summed E-state index contributed by atoms with van der Waals surface area (Å²) in [5, 5.41) is 4.26. The Kier molecular flexibility index (Phi) is 8.61. The van der Waals surface area contributed by atoms with Gasteiger partial charge in [-0.2, -0.15) is 0 Å². The monoisotopic (exact) mass is 462 g/mol. The van der Waals surface area contributed by atoms with E-state index in [0.717, 1.165) is 31.2 Å². The summed E-state index contributed by atoms with van der Waals surface area (Å²) < 4.78 is 5.64. The fraction of sp³-hybridized carbons (Fsp3) is 0.417. The molecule has 2 aromatic rings. The molecular formula is C24H28Cl2N2O3. The van der Waals surface area contributed by atoms with E-state index < -0.39 is 6.04 Å². The van der Waals surface area contributed by atoms with E-state index in [-0.39, 0.29) is 31.0 Å². The van der Waals surface area contributed by atoms with Gasteiger partial charge in [-0.25, -0.2) is 0 Å². The minimum absolute atomic E-state index is 0.154. The molecule has 166 valence electrons. The summed E-state index contributed by atoms with van der Waals surface area (Å²) in [5.74, 6) is 0.0923. The number of ether oxygens (including phenoxy) is 1. The van der Waals surface area contributed by atoms with Gasteiger partial charge in [-0.3, -0.25) is 9.59 Å². The molecule has 0 heterocycles. The molecule has 3 rings (SSSR count). The van der Waals surface area contributed by atoms with E-state index in [1.807, 2.05) is 18.2 Å². The molecule has 0 saturated heterocycles. The van der Waals surface area contributed by atoms with E-state index in [2.05, 4.69) is 5.32 Å². The Labute approximate surface area is 193 Å². The predicted molar refractivity (Wildman–Crippen MR) is 123 cm³/mol. The zero-order valence-corrected chi connectivity index (χ0v) is 19.2. The molecular weight excluding hydrogens is 435 g/mol. The van der Waals surface area contributed by atoms with E-state index in [0.29, 0.717) is 15.8 Å². The molecule has 2 amide bonds. The van der Waals surface area contributed by atoms with Crippen LogP contribution in [0.5, 0.6) is 5.75 Å². The number of rotatable bonds is 8. The molecule has 1 N–H and O–H groups in total. The van der Waals surface area contributed by atoms with Crippen LogP contribution in [0.4, 0.5) is 0 Å². The van der Waals surface area contributed by atoms with Crippen LogP contribution in [0, 0.1) is 0 Å². The number of carbonyl (C=O) groups is 2. The van der Waals surface area contributed by atoms with Crippen molar-refractivity contribution in [3.63, 3.8) is 0 Å². The molecule has 1 aliphatic rings. The minimum atomic E-state index is -0.653. The first kappa shape index (κ1) is 23.4. The van der Waals surface area contributed by atoms with Gasteiger partial charge in [0, 0.05) is 22.6 Å². The Balaban J connectivity index is 1.71. The number of hydrogen-bond donors (Lipinski definition) is 1. The van der Waals surface area contributed by atoms with Crippen LogP contribution < -0.4 is 10.1 Å². The summed E-state index contributed by atoms with van der Waals surface area (Å²) >= 11 is 12.2. The van der Waals surface area contributed by atoms with Crippen LogP contribution in [0.25, 0.3) is 0 Å². The number of amides is 2. The lowest BCUT2D eigenvalue weighted by atomic mass is 9.95. The van der Waals surface area contributed by atoms with Crippen LogP contribution in [0.3, 0.4) is 0 Å². The number of halogens is 2. The van der Waals surface area contributed by atoms with Crippen LogP contribution in [0.2, 0.25) is 10.0 Å². The molecule has 0 unspecified atom stereocenters. The molecule has 0 bridgehead atoms. The van der Waals surface area contributed by atoms with Gasteiger partial charge in [0.2, 0.25) is 5.91 Å². The van der Waals surface area contributed by atoms with Gasteiger partial charge in [-0.05, 0) is 55.7 Å². The number of benzene rings is 2. The topological polar surface area (TPSA) is 58.6 Å². The third kappa shape index (κ3) is 6.88. The highest BCUT2D eigenvalue weighted by Gasteiger charge is 2.28. The second kappa shape index (κ2) is 11.4. The largest absolute Gasteiger partial charge is 0.484 e. The van der Waals surface area contributed by atoms with E-state index in [9.17, 15) is 9.59 Å². The van der Waals surface area contributed by atoms with Crippen molar-refractivity contribution >= 4 is 35.0 Å². The molecule has 0 aliphatic heterocycles. The van der Waals surface area contributed by atoms with Crippen molar-refractivity contribution < 1.29 is 14.3 Å². The van der Waals surface area contributed by atoms with Gasteiger partial charge >= 0.3 is 0 Å². The second-order valence-electron chi connectivity index (χ2n) is 7.88. The number of hydrogen-bond acceptors (Lipinski definition) is 3. The number of nitrogens with one attached hydrogen (secondary N) is 1. The van der Waals surface area contributed by atoms with Gasteiger partial charge < -0.3 is 15.0 Å². The van der Waals surface area contributed by atoms with Gasteiger partial charge in [-0.1, -0.05) is 60.7 Å². The summed E-state index contributed by atoms with van der Waals surface area (Å²) in [6, 6.07) is 13.6. The molecule has 1 aliphatic carbocycles. The maximum absolute atomic E-state index is 13.1. The maximum Gasteiger partial charge on any atom is 0.261 e. The average molecular weight is 463 g/mol. The second-order valence-corrected chi connectivity index (χ2v) is 8.72. The standard InChI is InChI=1S/C24H28Cl2N2O3/c1-17(24(30)27-20-8-3-2-4-9-20)28(15-18-7-5-6-10-22(18)26)23(29)16-31-21-13-11-19(25)12-14-21/h5-7,10-14,17,20H,2-4,8-9,15-16H2,1H3,(H,27,30)/t17-/m1/s1. The first-order chi connectivity index (χ1) is 14.9. The van der Waals surface area contributed by atoms with E-state index in [1.165, 1.54) is 11.3 Å². The van der Waals surface area contributed by atoms with Crippen molar-refractivity contribution in [1.82, 2.24) is 10.2 Å². The maximum atomic E-state index is 13.1. The molecule has 1 saturated carbocycles. The fourth-order valence-electron chi connectivity index (χ4n) is 3.72. The van der Waals surface area contributed by atoms with Gasteiger partial charge in [0.15, 0.2) is 6.61 Å². The summed E-state index contributed by atoms with van der Waals surface area (Å²) in [5.41, 5.74) is 0.779. The molecule has 0 radical (unpaired) electrons. The van der Waals surface area contributed by atoms with Crippen molar-refractivity contribution in [1.29, 1.82) is 0 Å². The van der Waals surface area contributed by atoms with Crippen LogP contribution in [0.15, 0.2) is 48.5 Å². The first-order valence-corrected chi connectivity index (χ1v) is 11.4. The predicted octanol–water partition coefficient (Wildman–Crippen LogP) is 5.24. The summed E-state index contributed by atoms with van der Waals surface area (Å²) in [6.07, 6.45) is 5.42. The van der Waals surface area contributed by atoms with Gasteiger partial charge in [-0.15, -0.1) is 0 Å². The molecule has 1 fully saturated rings. The highest BCUT2D eigenvalue weighted by atomic mass is 35.5. The van der Waals surface area contributed by atoms with Gasteiger partial charge in [0.1, 0.15) is 11.8 Å². The third-order valence-corrected chi connectivity index (χ3v) is 6.21. The van der Waals surface area contributed by atoms with Crippen LogP contribution in [-0.2, 0) is 16.1 Å². The summed E-state index contributed by atoms with van der Waals surface area (Å²) in [7, 11) is 0. The third-order valence-electron chi connectivity index (χ3n) is 5.59. The lowest BCUT2D eigenvalue weighted by molar-refractivity contribution is -0.142. The zero-order valence-electron chi connectivity index (χ0n) is 17.7. The van der Waals surface area contributed by atoms with E-state index >= 15 is 0 Å². The van der Waals surface area contributed by atoms with Crippen molar-refractivity contribution in [3.05, 3.63) is 64.1 Å². The Morgan fingerprint density at radius 3 is 2.42 bits per heavy atom. The molecule has 0 spiro atoms. The smallest absolute Gasteiger partial charge is 0.261 e. The van der Waals surface area contributed by atoms with Crippen molar-refractivity contribution in [3.8, 4) is 5.75 Å². The number of carbonyl (C=O) groups excluding carboxylic acids is 2. The molecule has 5 nitrogen and oxygen atoms in total. The summed E-state index contributed by atoms with van der Waals surface area (Å²) in [4.78, 5) is 27.6. The molecule has 7 heteroatoms. The lowest BCUT2D eigenvalue weighted by Gasteiger charge is -2.31. The molecule has 1 atom stereocenters. The highest BCUT2D eigenvalue weighted by Crippen LogP contribution is 2.21. The highest BCUT2D eigenvalue weighted by molar-refractivity contribution is 6.31. The van der Waals surface area contributed by atoms with Crippen molar-refractivity contribution in [2.75, 3.05) is 6.61 Å². The average Bonchev–Trinajstić information content (AvgIpc) is 2.78. The molecule has 31 heavy (non-hydrogen) atoms. The lowest BCUT2D eigenvalue weighted by Crippen LogP contribution is -2.51. The van der Waals surface area contributed by atoms with Crippen LogP contribution >= 0.6 is 23.2 Å². The Morgan fingerprint density at radius 1 is 1.06 bits per heavy atom. The Bertz CT molecular complexity index is 883. The van der Waals surface area contributed by atoms with Crippen LogP contribution in [0.1, 0.15) is 44.6 Å². The van der Waals surface area contributed by atoms with E-state index in [4.69, 9.17) is 27.9 Å². The SMILES string of the molecule is C[C@H](C(=O)NC1CCCCC1)N(Cc1ccccc1Cl)C(=O)COc1ccc(Cl)cc1. The quantitative estimate of drug-likeness (QED) is 0.583. The van der Waals surface area contributed by atoms with Gasteiger partial charge in [0.25, 0.3) is 5.91 Å². The normalized spacial score (nSPS) is 15.2. The minimum Gasteiger partial charge on any atom is -0.484 e.